The fourth-order valence-corrected chi connectivity index (χ4v) is 1.55. The second-order valence-electron chi connectivity index (χ2n) is 3.22. The van der Waals surface area contributed by atoms with Gasteiger partial charge in [-0.1, -0.05) is 6.07 Å². The van der Waals surface area contributed by atoms with Gasteiger partial charge in [-0.25, -0.2) is 4.79 Å². The molecular formula is C11H12O5. The van der Waals surface area contributed by atoms with Crippen molar-refractivity contribution in [2.45, 2.75) is 13.5 Å². The van der Waals surface area contributed by atoms with Crippen LogP contribution in [-0.2, 0) is 11.3 Å². The highest BCUT2D eigenvalue weighted by Gasteiger charge is 2.25. The summed E-state index contributed by atoms with van der Waals surface area (Å²) in [5.74, 6) is 0.326. The van der Waals surface area contributed by atoms with Crippen LogP contribution in [0, 0.1) is 0 Å². The van der Waals surface area contributed by atoms with Crippen LogP contribution in [-0.4, -0.2) is 24.5 Å². The molecule has 1 aromatic carbocycles. The van der Waals surface area contributed by atoms with E-state index in [9.17, 15) is 4.79 Å². The number of ether oxygens (including phenoxy) is 3. The maximum absolute atomic E-state index is 11.6. The number of hydrogen-bond acceptors (Lipinski definition) is 5. The van der Waals surface area contributed by atoms with Gasteiger partial charge in [0.15, 0.2) is 11.5 Å². The number of carbonyl (C=O) groups excluding carboxylic acids is 1. The van der Waals surface area contributed by atoms with E-state index in [1.807, 2.05) is 0 Å². The third-order valence-electron chi connectivity index (χ3n) is 2.27. The van der Waals surface area contributed by atoms with Crippen molar-refractivity contribution in [3.63, 3.8) is 0 Å². The van der Waals surface area contributed by atoms with Crippen molar-refractivity contribution >= 4 is 5.97 Å². The molecule has 1 aliphatic heterocycles. The highest BCUT2D eigenvalue weighted by Crippen LogP contribution is 2.39. The lowest BCUT2D eigenvalue weighted by atomic mass is 10.1. The number of aliphatic hydroxyl groups is 1. The van der Waals surface area contributed by atoms with Crippen LogP contribution < -0.4 is 9.47 Å². The largest absolute Gasteiger partial charge is 0.462 e. The summed E-state index contributed by atoms with van der Waals surface area (Å²) in [4.78, 5) is 11.6. The number of benzene rings is 1. The van der Waals surface area contributed by atoms with E-state index in [2.05, 4.69) is 0 Å². The molecular weight excluding hydrogens is 212 g/mol. The van der Waals surface area contributed by atoms with Crippen LogP contribution in [0.4, 0.5) is 0 Å². The molecule has 0 atom stereocenters. The number of fused-ring (bicyclic) bond motifs is 1. The van der Waals surface area contributed by atoms with Gasteiger partial charge in [0.2, 0.25) is 6.79 Å². The Morgan fingerprint density at radius 1 is 1.44 bits per heavy atom. The molecule has 2 rings (SSSR count). The summed E-state index contributed by atoms with van der Waals surface area (Å²) in [6.07, 6.45) is 0. The quantitative estimate of drug-likeness (QED) is 0.778. The fraction of sp³-hybridized carbons (Fsp3) is 0.364. The third kappa shape index (κ3) is 1.69. The number of rotatable bonds is 3. The van der Waals surface area contributed by atoms with E-state index in [-0.39, 0.29) is 13.4 Å². The minimum Gasteiger partial charge on any atom is -0.462 e. The maximum Gasteiger partial charge on any atom is 0.342 e. The molecule has 16 heavy (non-hydrogen) atoms. The summed E-state index contributed by atoms with van der Waals surface area (Å²) in [6.45, 7) is 1.93. The molecule has 86 valence electrons. The average molecular weight is 224 g/mol. The molecule has 0 amide bonds. The first kappa shape index (κ1) is 10.8. The lowest BCUT2D eigenvalue weighted by molar-refractivity contribution is 0.0521. The number of esters is 1. The van der Waals surface area contributed by atoms with Gasteiger partial charge in [-0.05, 0) is 13.0 Å². The predicted molar refractivity (Wildman–Crippen MR) is 54.4 cm³/mol. The second-order valence-corrected chi connectivity index (χ2v) is 3.22. The van der Waals surface area contributed by atoms with Crippen molar-refractivity contribution in [1.29, 1.82) is 0 Å². The molecule has 0 unspecified atom stereocenters. The summed E-state index contributed by atoms with van der Waals surface area (Å²) in [6, 6.07) is 3.19. The highest BCUT2D eigenvalue weighted by molar-refractivity contribution is 5.94. The van der Waals surface area contributed by atoms with Gasteiger partial charge in [0.05, 0.1) is 13.2 Å². The molecule has 1 aliphatic rings. The molecule has 0 aromatic heterocycles. The molecule has 0 spiro atoms. The minimum absolute atomic E-state index is 0.0543. The first-order valence-corrected chi connectivity index (χ1v) is 4.97. The van der Waals surface area contributed by atoms with Gasteiger partial charge in [0.25, 0.3) is 0 Å². The Morgan fingerprint density at radius 2 is 2.19 bits per heavy atom. The van der Waals surface area contributed by atoms with Crippen LogP contribution in [0.25, 0.3) is 0 Å². The Morgan fingerprint density at radius 3 is 2.88 bits per heavy atom. The normalized spacial score (nSPS) is 12.6. The summed E-state index contributed by atoms with van der Waals surface area (Å²) >= 11 is 0. The Hall–Kier alpha value is -1.75. The SMILES string of the molecule is CCOC(=O)c1ccc(CO)c2c1OCO2. The van der Waals surface area contributed by atoms with Gasteiger partial charge in [0, 0.05) is 5.56 Å². The van der Waals surface area contributed by atoms with E-state index in [4.69, 9.17) is 19.3 Å². The summed E-state index contributed by atoms with van der Waals surface area (Å²) in [5, 5.41) is 9.08. The third-order valence-corrected chi connectivity index (χ3v) is 2.27. The maximum atomic E-state index is 11.6. The Labute approximate surface area is 92.5 Å². The zero-order valence-corrected chi connectivity index (χ0v) is 8.86. The fourth-order valence-electron chi connectivity index (χ4n) is 1.55. The molecule has 1 N–H and O–H groups in total. The van der Waals surface area contributed by atoms with E-state index in [1.54, 1.807) is 19.1 Å². The molecule has 1 aromatic rings. The van der Waals surface area contributed by atoms with Gasteiger partial charge in [0.1, 0.15) is 5.56 Å². The number of carbonyl (C=O) groups is 1. The molecule has 0 fully saturated rings. The Balaban J connectivity index is 2.41. The number of aliphatic hydroxyl groups excluding tert-OH is 1. The highest BCUT2D eigenvalue weighted by atomic mass is 16.7. The van der Waals surface area contributed by atoms with Crippen molar-refractivity contribution in [1.82, 2.24) is 0 Å². The van der Waals surface area contributed by atoms with E-state index in [0.29, 0.717) is 29.2 Å². The summed E-state index contributed by atoms with van der Waals surface area (Å²) < 4.78 is 15.3. The van der Waals surface area contributed by atoms with Gasteiger partial charge >= 0.3 is 5.97 Å². The van der Waals surface area contributed by atoms with E-state index in [1.165, 1.54) is 0 Å². The standard InChI is InChI=1S/C11H12O5/c1-2-14-11(13)8-4-3-7(5-12)9-10(8)16-6-15-9/h3-4,12H,2,5-6H2,1H3. The molecule has 1 heterocycles. The van der Waals surface area contributed by atoms with Crippen LogP contribution in [0.15, 0.2) is 12.1 Å². The summed E-state index contributed by atoms with van der Waals surface area (Å²) in [5.41, 5.74) is 0.923. The van der Waals surface area contributed by atoms with Crippen LogP contribution >= 0.6 is 0 Å². The average Bonchev–Trinajstić information content (AvgIpc) is 2.76. The Bertz CT molecular complexity index is 413. The molecule has 0 aliphatic carbocycles. The summed E-state index contributed by atoms with van der Waals surface area (Å²) in [7, 11) is 0. The van der Waals surface area contributed by atoms with E-state index in [0.717, 1.165) is 0 Å². The van der Waals surface area contributed by atoms with Gasteiger partial charge in [-0.15, -0.1) is 0 Å². The molecule has 0 bridgehead atoms. The minimum atomic E-state index is -0.450. The number of hydrogen-bond donors (Lipinski definition) is 1. The Kier molecular flexibility index (Phi) is 2.96. The zero-order chi connectivity index (χ0) is 11.5. The topological polar surface area (TPSA) is 65.0 Å². The van der Waals surface area contributed by atoms with Crippen molar-refractivity contribution in [2.75, 3.05) is 13.4 Å². The first-order valence-electron chi connectivity index (χ1n) is 4.97. The van der Waals surface area contributed by atoms with Crippen molar-refractivity contribution in [2.24, 2.45) is 0 Å². The first-order chi connectivity index (χ1) is 7.77. The van der Waals surface area contributed by atoms with Crippen LogP contribution in [0.2, 0.25) is 0 Å². The van der Waals surface area contributed by atoms with E-state index >= 15 is 0 Å². The molecule has 5 heteroatoms. The molecule has 0 saturated carbocycles. The lowest BCUT2D eigenvalue weighted by Crippen LogP contribution is -2.06. The van der Waals surface area contributed by atoms with E-state index < -0.39 is 5.97 Å². The monoisotopic (exact) mass is 224 g/mol. The molecule has 0 radical (unpaired) electrons. The van der Waals surface area contributed by atoms with Crippen LogP contribution in [0.1, 0.15) is 22.8 Å². The van der Waals surface area contributed by atoms with Gasteiger partial charge < -0.3 is 19.3 Å². The zero-order valence-electron chi connectivity index (χ0n) is 8.86. The van der Waals surface area contributed by atoms with Gasteiger partial charge in [-0.3, -0.25) is 0 Å². The predicted octanol–water partition coefficient (Wildman–Crippen LogP) is 1.08. The van der Waals surface area contributed by atoms with Crippen molar-refractivity contribution < 1.29 is 24.1 Å². The molecule has 5 nitrogen and oxygen atoms in total. The lowest BCUT2D eigenvalue weighted by Gasteiger charge is -2.07. The smallest absolute Gasteiger partial charge is 0.342 e. The second kappa shape index (κ2) is 4.40. The van der Waals surface area contributed by atoms with Crippen LogP contribution in [0.5, 0.6) is 11.5 Å². The van der Waals surface area contributed by atoms with Crippen LogP contribution in [0.3, 0.4) is 0 Å². The molecule has 0 saturated heterocycles. The van der Waals surface area contributed by atoms with Gasteiger partial charge in [-0.2, -0.15) is 0 Å². The van der Waals surface area contributed by atoms with Crippen molar-refractivity contribution in [3.05, 3.63) is 23.3 Å². The van der Waals surface area contributed by atoms with Crippen molar-refractivity contribution in [3.8, 4) is 11.5 Å².